The van der Waals surface area contributed by atoms with Crippen molar-refractivity contribution >= 4 is 27.9 Å². The van der Waals surface area contributed by atoms with E-state index in [-0.39, 0.29) is 18.1 Å². The molecule has 1 aliphatic heterocycles. The van der Waals surface area contributed by atoms with Crippen molar-refractivity contribution in [1.29, 1.82) is 0 Å². The molecule has 0 atom stereocenters. The van der Waals surface area contributed by atoms with Gasteiger partial charge >= 0.3 is 6.18 Å². The van der Waals surface area contributed by atoms with E-state index in [1.54, 1.807) is 30.3 Å². The zero-order chi connectivity index (χ0) is 20.6. The van der Waals surface area contributed by atoms with Crippen LogP contribution in [-0.4, -0.2) is 17.6 Å². The Morgan fingerprint density at radius 3 is 2.72 bits per heavy atom. The standard InChI is InChI=1S/C22H16F3NO3/c23-22(24,25)15-5-7-17-14(8-9-29-20(17)11-15)10-21(28)26-19-3-1-2-13-4-6-16(27)12-18(13)19/h1-7,10-12,27H,8-9H2,(H,26,28). The van der Waals surface area contributed by atoms with Crippen molar-refractivity contribution in [2.45, 2.75) is 12.6 Å². The Balaban J connectivity index is 1.63. The fourth-order valence-electron chi connectivity index (χ4n) is 3.34. The lowest BCUT2D eigenvalue weighted by Gasteiger charge is -2.21. The first kappa shape index (κ1) is 18.9. The van der Waals surface area contributed by atoms with Gasteiger partial charge in [0.15, 0.2) is 0 Å². The van der Waals surface area contributed by atoms with Gasteiger partial charge in [0.2, 0.25) is 5.91 Å². The first-order chi connectivity index (χ1) is 13.8. The number of ether oxygens (including phenoxy) is 1. The molecular weight excluding hydrogens is 383 g/mol. The van der Waals surface area contributed by atoms with Gasteiger partial charge in [-0.25, -0.2) is 0 Å². The van der Waals surface area contributed by atoms with Crippen LogP contribution in [0.2, 0.25) is 0 Å². The molecule has 0 spiro atoms. The van der Waals surface area contributed by atoms with Crippen LogP contribution in [0.25, 0.3) is 16.3 Å². The Hall–Kier alpha value is -3.48. The summed E-state index contributed by atoms with van der Waals surface area (Å²) in [5.41, 5.74) is 0.799. The summed E-state index contributed by atoms with van der Waals surface area (Å²) >= 11 is 0. The lowest BCUT2D eigenvalue weighted by atomic mass is 9.97. The monoisotopic (exact) mass is 399 g/mol. The van der Waals surface area contributed by atoms with Crippen LogP contribution in [0.15, 0.2) is 60.7 Å². The molecule has 148 valence electrons. The topological polar surface area (TPSA) is 58.6 Å². The van der Waals surface area contributed by atoms with E-state index in [1.165, 1.54) is 12.1 Å². The molecule has 2 N–H and O–H groups in total. The van der Waals surface area contributed by atoms with Gasteiger partial charge in [0, 0.05) is 29.1 Å². The van der Waals surface area contributed by atoms with Crippen molar-refractivity contribution in [2.75, 3.05) is 11.9 Å². The SMILES string of the molecule is O=C(C=C1CCOc2cc(C(F)(F)F)ccc21)Nc1cccc2ccc(O)cc12. The number of alkyl halides is 3. The number of phenols is 1. The van der Waals surface area contributed by atoms with Gasteiger partial charge in [-0.1, -0.05) is 24.3 Å². The first-order valence-corrected chi connectivity index (χ1v) is 8.89. The largest absolute Gasteiger partial charge is 0.508 e. The molecule has 0 saturated carbocycles. The van der Waals surface area contributed by atoms with Crippen LogP contribution in [0.1, 0.15) is 17.5 Å². The van der Waals surface area contributed by atoms with Gasteiger partial charge in [0.1, 0.15) is 11.5 Å². The van der Waals surface area contributed by atoms with E-state index in [4.69, 9.17) is 4.74 Å². The van der Waals surface area contributed by atoms with Crippen LogP contribution in [0.5, 0.6) is 11.5 Å². The zero-order valence-electron chi connectivity index (χ0n) is 15.1. The average Bonchev–Trinajstić information content (AvgIpc) is 2.67. The number of carbonyl (C=O) groups is 1. The van der Waals surface area contributed by atoms with Gasteiger partial charge in [0.05, 0.1) is 12.2 Å². The number of fused-ring (bicyclic) bond motifs is 2. The summed E-state index contributed by atoms with van der Waals surface area (Å²) in [6, 6.07) is 13.5. The number of phenolic OH excluding ortho intramolecular Hbond substituents is 1. The summed E-state index contributed by atoms with van der Waals surface area (Å²) in [7, 11) is 0. The van der Waals surface area contributed by atoms with Crippen molar-refractivity contribution < 1.29 is 27.8 Å². The minimum Gasteiger partial charge on any atom is -0.508 e. The second-order valence-electron chi connectivity index (χ2n) is 6.68. The molecule has 0 saturated heterocycles. The van der Waals surface area contributed by atoms with Crippen LogP contribution in [0.3, 0.4) is 0 Å². The molecule has 4 rings (SSSR count). The quantitative estimate of drug-likeness (QED) is 0.570. The van der Waals surface area contributed by atoms with E-state index in [9.17, 15) is 23.1 Å². The Kier molecular flexibility index (Phi) is 4.66. The number of rotatable bonds is 2. The van der Waals surface area contributed by atoms with Crippen LogP contribution in [0, 0.1) is 0 Å². The van der Waals surface area contributed by atoms with Crippen molar-refractivity contribution in [3.05, 3.63) is 71.8 Å². The highest BCUT2D eigenvalue weighted by Crippen LogP contribution is 2.38. The smallest absolute Gasteiger partial charge is 0.416 e. The number of anilines is 1. The minimum absolute atomic E-state index is 0.0800. The molecule has 0 fully saturated rings. The molecule has 3 aromatic rings. The summed E-state index contributed by atoms with van der Waals surface area (Å²) in [5, 5.41) is 14.0. The van der Waals surface area contributed by atoms with E-state index in [2.05, 4.69) is 5.32 Å². The maximum atomic E-state index is 12.9. The fraction of sp³-hybridized carbons (Fsp3) is 0.136. The van der Waals surface area contributed by atoms with Gasteiger partial charge in [-0.15, -0.1) is 0 Å². The predicted octanol–water partition coefficient (Wildman–Crippen LogP) is 5.37. The van der Waals surface area contributed by atoms with Gasteiger partial charge in [-0.2, -0.15) is 13.2 Å². The number of hydrogen-bond acceptors (Lipinski definition) is 3. The number of carbonyl (C=O) groups excluding carboxylic acids is 1. The molecule has 7 heteroatoms. The number of halogens is 3. The van der Waals surface area contributed by atoms with Gasteiger partial charge in [-0.3, -0.25) is 4.79 Å². The third-order valence-electron chi connectivity index (χ3n) is 4.71. The molecule has 4 nitrogen and oxygen atoms in total. The molecule has 0 aromatic heterocycles. The number of nitrogens with one attached hydrogen (secondary N) is 1. The third-order valence-corrected chi connectivity index (χ3v) is 4.71. The van der Waals surface area contributed by atoms with Gasteiger partial charge in [-0.05, 0) is 41.3 Å². The Morgan fingerprint density at radius 2 is 1.93 bits per heavy atom. The molecule has 1 heterocycles. The molecule has 0 radical (unpaired) electrons. The van der Waals surface area contributed by atoms with Gasteiger partial charge in [0.25, 0.3) is 0 Å². The van der Waals surface area contributed by atoms with E-state index in [1.807, 2.05) is 6.07 Å². The second-order valence-corrected chi connectivity index (χ2v) is 6.68. The van der Waals surface area contributed by atoms with E-state index in [0.717, 1.165) is 17.5 Å². The lowest BCUT2D eigenvalue weighted by Crippen LogP contribution is -2.14. The number of aromatic hydroxyl groups is 1. The summed E-state index contributed by atoms with van der Waals surface area (Å²) in [4.78, 5) is 12.6. The summed E-state index contributed by atoms with van der Waals surface area (Å²) in [6.07, 6.45) is -2.69. The molecule has 29 heavy (non-hydrogen) atoms. The number of amides is 1. The molecule has 0 bridgehead atoms. The molecule has 1 amide bonds. The van der Waals surface area contributed by atoms with Crippen LogP contribution < -0.4 is 10.1 Å². The third kappa shape index (κ3) is 3.89. The first-order valence-electron chi connectivity index (χ1n) is 8.89. The summed E-state index contributed by atoms with van der Waals surface area (Å²) < 4.78 is 44.1. The summed E-state index contributed by atoms with van der Waals surface area (Å²) in [5.74, 6) is -0.222. The highest BCUT2D eigenvalue weighted by molar-refractivity contribution is 6.09. The van der Waals surface area contributed by atoms with Gasteiger partial charge < -0.3 is 15.2 Å². The van der Waals surface area contributed by atoms with Crippen LogP contribution in [0.4, 0.5) is 18.9 Å². The van der Waals surface area contributed by atoms with Crippen molar-refractivity contribution in [1.82, 2.24) is 0 Å². The number of benzene rings is 3. The van der Waals surface area contributed by atoms with Crippen molar-refractivity contribution in [3.63, 3.8) is 0 Å². The molecule has 3 aromatic carbocycles. The maximum Gasteiger partial charge on any atom is 0.416 e. The molecule has 0 aliphatic carbocycles. The summed E-state index contributed by atoms with van der Waals surface area (Å²) in [6.45, 7) is 0.190. The van der Waals surface area contributed by atoms with E-state index >= 15 is 0 Å². The normalized spacial score (nSPS) is 15.1. The fourth-order valence-corrected chi connectivity index (χ4v) is 3.34. The lowest BCUT2D eigenvalue weighted by molar-refractivity contribution is -0.137. The minimum atomic E-state index is -4.46. The Morgan fingerprint density at radius 1 is 1.10 bits per heavy atom. The van der Waals surface area contributed by atoms with E-state index in [0.29, 0.717) is 28.6 Å². The maximum absolute atomic E-state index is 12.9. The van der Waals surface area contributed by atoms with E-state index < -0.39 is 17.6 Å². The Bertz CT molecular complexity index is 1140. The van der Waals surface area contributed by atoms with Crippen molar-refractivity contribution in [2.24, 2.45) is 0 Å². The predicted molar refractivity (Wildman–Crippen MR) is 104 cm³/mol. The highest BCUT2D eigenvalue weighted by Gasteiger charge is 2.32. The van der Waals surface area contributed by atoms with Crippen LogP contribution in [-0.2, 0) is 11.0 Å². The highest BCUT2D eigenvalue weighted by atomic mass is 19.4. The Labute approximate surface area is 164 Å². The number of hydrogen-bond donors (Lipinski definition) is 2. The van der Waals surface area contributed by atoms with Crippen LogP contribution >= 0.6 is 0 Å². The van der Waals surface area contributed by atoms with Crippen molar-refractivity contribution in [3.8, 4) is 11.5 Å². The molecule has 1 aliphatic rings. The molecule has 0 unspecified atom stereocenters. The average molecular weight is 399 g/mol. The second kappa shape index (κ2) is 7.16. The zero-order valence-corrected chi connectivity index (χ0v) is 15.1. The molecular formula is C22H16F3NO3.